The molecule has 0 radical (unpaired) electrons. The Morgan fingerprint density at radius 3 is 2.55 bits per heavy atom. The third-order valence-corrected chi connectivity index (χ3v) is 4.82. The molecule has 8 nitrogen and oxygen atoms in total. The van der Waals surface area contributed by atoms with Crippen LogP contribution in [0.1, 0.15) is 32.3 Å². The molecule has 0 aliphatic heterocycles. The minimum absolute atomic E-state index is 0.0317. The Balaban J connectivity index is 1.87. The number of H-pyrrole nitrogens is 1. The number of para-hydroxylation sites is 1. The van der Waals surface area contributed by atoms with Crippen LogP contribution < -0.4 is 10.6 Å². The van der Waals surface area contributed by atoms with E-state index in [1.54, 1.807) is 13.8 Å². The Hall–Kier alpha value is -3.16. The summed E-state index contributed by atoms with van der Waals surface area (Å²) < 4.78 is 0. The van der Waals surface area contributed by atoms with Gasteiger partial charge >= 0.3 is 5.97 Å². The molecule has 2 rings (SSSR count). The van der Waals surface area contributed by atoms with E-state index in [1.165, 1.54) is 0 Å². The molecule has 156 valence electrons. The molecule has 0 aliphatic carbocycles. The number of rotatable bonds is 11. The smallest absolute Gasteiger partial charge is 0.305 e. The van der Waals surface area contributed by atoms with Gasteiger partial charge in [-0.05, 0) is 24.0 Å². The maximum Gasteiger partial charge on any atom is 0.305 e. The van der Waals surface area contributed by atoms with Crippen LogP contribution in [0.15, 0.2) is 30.5 Å². The number of aromatic amines is 1. The summed E-state index contributed by atoms with van der Waals surface area (Å²) in [7, 11) is 0. The third-order valence-electron chi connectivity index (χ3n) is 4.82. The summed E-state index contributed by atoms with van der Waals surface area (Å²) in [5, 5.41) is 15.1. The predicted octanol–water partition coefficient (Wildman–Crippen LogP) is 1.65. The minimum Gasteiger partial charge on any atom is -0.481 e. The van der Waals surface area contributed by atoms with Crippen LogP contribution in [-0.2, 0) is 25.6 Å². The van der Waals surface area contributed by atoms with E-state index in [9.17, 15) is 19.2 Å². The van der Waals surface area contributed by atoms with Gasteiger partial charge in [0.05, 0.1) is 12.5 Å². The fourth-order valence-corrected chi connectivity index (χ4v) is 3.19. The number of aldehydes is 1. The first-order chi connectivity index (χ1) is 13.8. The number of fused-ring (bicyclic) bond motifs is 1. The van der Waals surface area contributed by atoms with Crippen LogP contribution in [-0.4, -0.2) is 46.7 Å². The molecule has 2 atom stereocenters. The normalized spacial score (nSPS) is 13.1. The van der Waals surface area contributed by atoms with E-state index in [0.29, 0.717) is 19.3 Å². The lowest BCUT2D eigenvalue weighted by atomic mass is 9.91. The molecule has 0 unspecified atom stereocenters. The van der Waals surface area contributed by atoms with Crippen molar-refractivity contribution in [2.45, 2.75) is 39.2 Å². The topological polar surface area (TPSA) is 128 Å². The molecule has 1 heterocycles. The fraction of sp³-hybridized carbons (Fsp3) is 0.429. The van der Waals surface area contributed by atoms with Crippen molar-refractivity contribution in [2.75, 3.05) is 6.54 Å². The van der Waals surface area contributed by atoms with Gasteiger partial charge in [-0.25, -0.2) is 0 Å². The quantitative estimate of drug-likeness (QED) is 0.426. The first kappa shape index (κ1) is 22.1. The van der Waals surface area contributed by atoms with E-state index >= 15 is 0 Å². The SMILES string of the molecule is CC(C)[C@H](CC(=O)NCCc1c[nH]c2ccccc12)C(=O)N[C@H](C=O)CC(=O)O. The van der Waals surface area contributed by atoms with Crippen molar-refractivity contribution >= 4 is 35.0 Å². The van der Waals surface area contributed by atoms with E-state index in [-0.39, 0.29) is 18.2 Å². The fourth-order valence-electron chi connectivity index (χ4n) is 3.19. The number of carboxylic acids is 1. The number of hydrogen-bond acceptors (Lipinski definition) is 4. The predicted molar refractivity (Wildman–Crippen MR) is 108 cm³/mol. The highest BCUT2D eigenvalue weighted by molar-refractivity contribution is 5.88. The van der Waals surface area contributed by atoms with E-state index < -0.39 is 30.3 Å². The molecular weight excluding hydrogens is 374 g/mol. The molecule has 29 heavy (non-hydrogen) atoms. The summed E-state index contributed by atoms with van der Waals surface area (Å²) in [6, 6.07) is 6.81. The maximum atomic E-state index is 12.4. The zero-order valence-electron chi connectivity index (χ0n) is 16.6. The first-order valence-electron chi connectivity index (χ1n) is 9.61. The van der Waals surface area contributed by atoms with Crippen molar-refractivity contribution in [3.05, 3.63) is 36.0 Å². The standard InChI is InChI=1S/C21H27N3O5/c1-13(2)17(21(29)24-15(12-25)9-20(27)28)10-19(26)22-8-7-14-11-23-18-6-4-3-5-16(14)18/h3-6,11-13,15,17,23H,7-10H2,1-2H3,(H,22,26)(H,24,29)(H,27,28)/t15-,17-/m0/s1. The second kappa shape index (κ2) is 10.4. The minimum atomic E-state index is -1.18. The highest BCUT2D eigenvalue weighted by atomic mass is 16.4. The largest absolute Gasteiger partial charge is 0.481 e. The van der Waals surface area contributed by atoms with Crippen molar-refractivity contribution in [3.8, 4) is 0 Å². The number of aromatic nitrogens is 1. The van der Waals surface area contributed by atoms with E-state index in [1.807, 2.05) is 30.5 Å². The first-order valence-corrected chi connectivity index (χ1v) is 9.61. The lowest BCUT2D eigenvalue weighted by molar-refractivity contribution is -0.139. The Bertz CT molecular complexity index is 874. The highest BCUT2D eigenvalue weighted by Gasteiger charge is 2.27. The molecule has 4 N–H and O–H groups in total. The molecule has 2 amide bonds. The summed E-state index contributed by atoms with van der Waals surface area (Å²) in [6.07, 6.45) is 2.45. The summed E-state index contributed by atoms with van der Waals surface area (Å²) >= 11 is 0. The molecule has 8 heteroatoms. The molecule has 0 saturated heterocycles. The molecule has 0 bridgehead atoms. The van der Waals surface area contributed by atoms with Gasteiger partial charge in [0.25, 0.3) is 0 Å². The lowest BCUT2D eigenvalue weighted by Crippen LogP contribution is -2.44. The number of nitrogens with one attached hydrogen (secondary N) is 3. The van der Waals surface area contributed by atoms with Crippen LogP contribution in [0.2, 0.25) is 0 Å². The van der Waals surface area contributed by atoms with Crippen LogP contribution in [0.5, 0.6) is 0 Å². The van der Waals surface area contributed by atoms with E-state index in [0.717, 1.165) is 16.5 Å². The number of hydrogen-bond donors (Lipinski definition) is 4. The Morgan fingerprint density at radius 1 is 1.17 bits per heavy atom. The highest BCUT2D eigenvalue weighted by Crippen LogP contribution is 2.18. The summed E-state index contributed by atoms with van der Waals surface area (Å²) in [5.74, 6) is -2.74. The average Bonchev–Trinajstić information content (AvgIpc) is 3.08. The second-order valence-corrected chi connectivity index (χ2v) is 7.36. The summed E-state index contributed by atoms with van der Waals surface area (Å²) in [4.78, 5) is 49.7. The monoisotopic (exact) mass is 401 g/mol. The number of carbonyl (C=O) groups is 4. The van der Waals surface area contributed by atoms with Gasteiger partial charge in [-0.15, -0.1) is 0 Å². The zero-order valence-corrected chi connectivity index (χ0v) is 16.6. The van der Waals surface area contributed by atoms with Crippen molar-refractivity contribution in [3.63, 3.8) is 0 Å². The number of amides is 2. The van der Waals surface area contributed by atoms with Crippen LogP contribution >= 0.6 is 0 Å². The number of benzene rings is 1. The molecule has 0 aliphatic rings. The van der Waals surface area contributed by atoms with Gasteiger partial charge in [0.2, 0.25) is 11.8 Å². The van der Waals surface area contributed by atoms with Gasteiger partial charge in [0.15, 0.2) is 0 Å². The third kappa shape index (κ3) is 6.44. The molecular formula is C21H27N3O5. The Morgan fingerprint density at radius 2 is 1.90 bits per heavy atom. The van der Waals surface area contributed by atoms with Gasteiger partial charge in [0.1, 0.15) is 6.29 Å². The number of aliphatic carboxylic acids is 1. The average molecular weight is 401 g/mol. The zero-order chi connectivity index (χ0) is 21.4. The van der Waals surface area contributed by atoms with Crippen LogP contribution in [0.25, 0.3) is 10.9 Å². The summed E-state index contributed by atoms with van der Waals surface area (Å²) in [6.45, 7) is 4.04. The molecule has 0 fully saturated rings. The van der Waals surface area contributed by atoms with Crippen LogP contribution in [0.4, 0.5) is 0 Å². The van der Waals surface area contributed by atoms with Crippen molar-refractivity contribution < 1.29 is 24.3 Å². The second-order valence-electron chi connectivity index (χ2n) is 7.36. The van der Waals surface area contributed by atoms with Crippen molar-refractivity contribution in [1.82, 2.24) is 15.6 Å². The van der Waals surface area contributed by atoms with Crippen molar-refractivity contribution in [1.29, 1.82) is 0 Å². The molecule has 1 aromatic carbocycles. The number of carboxylic acid groups (broad SMARTS) is 1. The number of carbonyl (C=O) groups excluding carboxylic acids is 3. The van der Waals surface area contributed by atoms with Gasteiger partial charge in [-0.2, -0.15) is 0 Å². The molecule has 0 saturated carbocycles. The van der Waals surface area contributed by atoms with Crippen molar-refractivity contribution in [2.24, 2.45) is 11.8 Å². The van der Waals surface area contributed by atoms with Gasteiger partial charge in [-0.1, -0.05) is 32.0 Å². The molecule has 1 aromatic heterocycles. The van der Waals surface area contributed by atoms with Crippen LogP contribution in [0.3, 0.4) is 0 Å². The van der Waals surface area contributed by atoms with Crippen LogP contribution in [0, 0.1) is 11.8 Å². The van der Waals surface area contributed by atoms with Gasteiger partial charge in [-0.3, -0.25) is 14.4 Å². The molecule has 0 spiro atoms. The summed E-state index contributed by atoms with van der Waals surface area (Å²) in [5.41, 5.74) is 2.14. The van der Waals surface area contributed by atoms with E-state index in [4.69, 9.17) is 5.11 Å². The Kier molecular flexibility index (Phi) is 7.94. The molecule has 2 aromatic rings. The Labute approximate surface area is 169 Å². The van der Waals surface area contributed by atoms with Gasteiger partial charge < -0.3 is 25.5 Å². The lowest BCUT2D eigenvalue weighted by Gasteiger charge is -2.21. The van der Waals surface area contributed by atoms with Gasteiger partial charge in [0, 0.05) is 36.0 Å². The van der Waals surface area contributed by atoms with E-state index in [2.05, 4.69) is 15.6 Å². The maximum absolute atomic E-state index is 12.4.